The zero-order valence-electron chi connectivity index (χ0n) is 9.11. The fraction of sp³-hybridized carbons (Fsp3) is 0.750. The molecule has 0 spiro atoms. The minimum Gasteiger partial charge on any atom is -0.481 e. The van der Waals surface area contributed by atoms with Crippen LogP contribution in [0.15, 0.2) is 0 Å². The van der Waals surface area contributed by atoms with Crippen molar-refractivity contribution in [3.8, 4) is 12.3 Å². The third-order valence-corrected chi connectivity index (χ3v) is 2.93. The number of piperidine rings is 1. The summed E-state index contributed by atoms with van der Waals surface area (Å²) in [7, 11) is 0. The number of carboxylic acid groups (broad SMARTS) is 1. The van der Waals surface area contributed by atoms with Gasteiger partial charge in [0, 0.05) is 12.5 Å². The molecule has 1 saturated heterocycles. The summed E-state index contributed by atoms with van der Waals surface area (Å²) in [6, 6.07) is 0.231. The minimum atomic E-state index is -0.691. The van der Waals surface area contributed by atoms with Gasteiger partial charge in [-0.1, -0.05) is 6.42 Å². The average molecular weight is 209 g/mol. The van der Waals surface area contributed by atoms with Gasteiger partial charge in [0.25, 0.3) is 0 Å². The maximum atomic E-state index is 10.7. The topological polar surface area (TPSA) is 40.5 Å². The lowest BCUT2D eigenvalue weighted by molar-refractivity contribution is -0.138. The van der Waals surface area contributed by atoms with Crippen molar-refractivity contribution < 1.29 is 9.90 Å². The Morgan fingerprint density at radius 1 is 1.53 bits per heavy atom. The van der Waals surface area contributed by atoms with Gasteiger partial charge in [-0.2, -0.15) is 0 Å². The SMILES string of the molecule is C#CCCCN1CCCCC1CC(=O)O. The van der Waals surface area contributed by atoms with Gasteiger partial charge in [0.1, 0.15) is 0 Å². The number of hydrogen-bond acceptors (Lipinski definition) is 2. The molecule has 0 radical (unpaired) electrons. The van der Waals surface area contributed by atoms with Gasteiger partial charge in [0.05, 0.1) is 6.42 Å². The van der Waals surface area contributed by atoms with Crippen LogP contribution in [0.25, 0.3) is 0 Å². The van der Waals surface area contributed by atoms with Gasteiger partial charge in [-0.05, 0) is 32.4 Å². The van der Waals surface area contributed by atoms with Crippen LogP contribution in [0.5, 0.6) is 0 Å². The van der Waals surface area contributed by atoms with Crippen LogP contribution < -0.4 is 0 Å². The first kappa shape index (κ1) is 12.1. The highest BCUT2D eigenvalue weighted by molar-refractivity contribution is 5.67. The molecule has 1 heterocycles. The van der Waals surface area contributed by atoms with Gasteiger partial charge in [0.15, 0.2) is 0 Å². The van der Waals surface area contributed by atoms with Crippen LogP contribution in [0.3, 0.4) is 0 Å². The summed E-state index contributed by atoms with van der Waals surface area (Å²) in [6.07, 6.45) is 10.6. The molecule has 1 rings (SSSR count). The fourth-order valence-electron chi connectivity index (χ4n) is 2.17. The van der Waals surface area contributed by atoms with Crippen LogP contribution in [-0.2, 0) is 4.79 Å². The highest BCUT2D eigenvalue weighted by atomic mass is 16.4. The van der Waals surface area contributed by atoms with Crippen molar-refractivity contribution in [2.75, 3.05) is 13.1 Å². The fourth-order valence-corrected chi connectivity index (χ4v) is 2.17. The Kier molecular flexibility index (Phi) is 5.20. The summed E-state index contributed by atoms with van der Waals surface area (Å²) in [5.41, 5.74) is 0. The van der Waals surface area contributed by atoms with Crippen molar-refractivity contribution in [2.45, 2.75) is 44.6 Å². The Labute approximate surface area is 91.5 Å². The monoisotopic (exact) mass is 209 g/mol. The van der Waals surface area contributed by atoms with Crippen molar-refractivity contribution >= 4 is 5.97 Å². The lowest BCUT2D eigenvalue weighted by Gasteiger charge is -2.34. The lowest BCUT2D eigenvalue weighted by Crippen LogP contribution is -2.41. The molecule has 0 amide bonds. The van der Waals surface area contributed by atoms with E-state index in [2.05, 4.69) is 10.8 Å². The van der Waals surface area contributed by atoms with Gasteiger partial charge in [-0.3, -0.25) is 9.69 Å². The summed E-state index contributed by atoms with van der Waals surface area (Å²) < 4.78 is 0. The average Bonchev–Trinajstić information content (AvgIpc) is 2.20. The molecule has 0 aromatic carbocycles. The summed E-state index contributed by atoms with van der Waals surface area (Å²) in [6.45, 7) is 1.98. The number of nitrogens with zero attached hydrogens (tertiary/aromatic N) is 1. The molecule has 1 aliphatic rings. The molecular weight excluding hydrogens is 190 g/mol. The predicted molar refractivity (Wildman–Crippen MR) is 59.5 cm³/mol. The van der Waals surface area contributed by atoms with Crippen LogP contribution in [-0.4, -0.2) is 35.1 Å². The van der Waals surface area contributed by atoms with Crippen LogP contribution in [0.2, 0.25) is 0 Å². The molecule has 1 N–H and O–H groups in total. The highest BCUT2D eigenvalue weighted by Gasteiger charge is 2.23. The van der Waals surface area contributed by atoms with Gasteiger partial charge in [0.2, 0.25) is 0 Å². The number of carboxylic acids is 1. The smallest absolute Gasteiger partial charge is 0.304 e. The molecule has 3 nitrogen and oxygen atoms in total. The van der Waals surface area contributed by atoms with E-state index in [1.165, 1.54) is 6.42 Å². The Hall–Kier alpha value is -1.01. The normalized spacial score (nSPS) is 22.2. The molecule has 0 aromatic heterocycles. The molecular formula is C12H19NO2. The summed E-state index contributed by atoms with van der Waals surface area (Å²) in [4.78, 5) is 13.0. The van der Waals surface area contributed by atoms with Gasteiger partial charge in [-0.25, -0.2) is 0 Å². The number of unbranched alkanes of at least 4 members (excludes halogenated alkanes) is 1. The Morgan fingerprint density at radius 3 is 3.00 bits per heavy atom. The highest BCUT2D eigenvalue weighted by Crippen LogP contribution is 2.19. The third kappa shape index (κ3) is 4.35. The maximum Gasteiger partial charge on any atom is 0.304 e. The number of carbonyl (C=O) groups is 1. The number of rotatable bonds is 5. The zero-order valence-corrected chi connectivity index (χ0v) is 9.11. The van der Waals surface area contributed by atoms with E-state index < -0.39 is 5.97 Å². The van der Waals surface area contributed by atoms with E-state index in [0.717, 1.165) is 38.8 Å². The summed E-state index contributed by atoms with van der Waals surface area (Å²) in [5.74, 6) is 1.93. The first-order chi connectivity index (χ1) is 7.24. The van der Waals surface area contributed by atoms with Gasteiger partial charge < -0.3 is 5.11 Å². The second kappa shape index (κ2) is 6.47. The van der Waals surface area contributed by atoms with Crippen molar-refractivity contribution in [3.05, 3.63) is 0 Å². The number of terminal acetylenes is 1. The van der Waals surface area contributed by atoms with Crippen molar-refractivity contribution in [3.63, 3.8) is 0 Å². The van der Waals surface area contributed by atoms with Crippen molar-refractivity contribution in [1.29, 1.82) is 0 Å². The first-order valence-electron chi connectivity index (χ1n) is 5.63. The maximum absolute atomic E-state index is 10.7. The molecule has 15 heavy (non-hydrogen) atoms. The lowest BCUT2D eigenvalue weighted by atomic mass is 9.99. The second-order valence-corrected chi connectivity index (χ2v) is 4.09. The molecule has 0 saturated carbocycles. The summed E-state index contributed by atoms with van der Waals surface area (Å²) >= 11 is 0. The summed E-state index contributed by atoms with van der Waals surface area (Å²) in [5, 5.41) is 8.80. The Balaban J connectivity index is 2.36. The third-order valence-electron chi connectivity index (χ3n) is 2.93. The minimum absolute atomic E-state index is 0.231. The van der Waals surface area contributed by atoms with Crippen LogP contribution in [0.4, 0.5) is 0 Å². The molecule has 0 bridgehead atoms. The van der Waals surface area contributed by atoms with E-state index in [1.54, 1.807) is 0 Å². The molecule has 3 heteroatoms. The molecule has 1 atom stereocenters. The van der Waals surface area contributed by atoms with E-state index in [4.69, 9.17) is 11.5 Å². The van der Waals surface area contributed by atoms with Crippen LogP contribution in [0.1, 0.15) is 38.5 Å². The standard InChI is InChI=1S/C12H19NO2/c1-2-3-5-8-13-9-6-4-7-11(13)10-12(14)15/h1,11H,3-10H2,(H,14,15). The molecule has 0 aromatic rings. The number of aliphatic carboxylic acids is 1. The number of likely N-dealkylation sites (tertiary alicyclic amines) is 1. The van der Waals surface area contributed by atoms with Crippen LogP contribution >= 0.6 is 0 Å². The van der Waals surface area contributed by atoms with Crippen LogP contribution in [0, 0.1) is 12.3 Å². The van der Waals surface area contributed by atoms with E-state index in [0.29, 0.717) is 0 Å². The molecule has 84 valence electrons. The zero-order chi connectivity index (χ0) is 11.1. The molecule has 1 unspecified atom stereocenters. The first-order valence-corrected chi connectivity index (χ1v) is 5.63. The Morgan fingerprint density at radius 2 is 2.33 bits per heavy atom. The van der Waals surface area contributed by atoms with E-state index in [1.807, 2.05) is 0 Å². The Bertz CT molecular complexity index is 244. The van der Waals surface area contributed by atoms with E-state index >= 15 is 0 Å². The van der Waals surface area contributed by atoms with Crippen molar-refractivity contribution in [2.24, 2.45) is 0 Å². The quantitative estimate of drug-likeness (QED) is 0.553. The van der Waals surface area contributed by atoms with E-state index in [9.17, 15) is 4.79 Å². The largest absolute Gasteiger partial charge is 0.481 e. The number of hydrogen-bond donors (Lipinski definition) is 1. The second-order valence-electron chi connectivity index (χ2n) is 4.09. The van der Waals surface area contributed by atoms with E-state index in [-0.39, 0.29) is 12.5 Å². The molecule has 1 fully saturated rings. The van der Waals surface area contributed by atoms with Gasteiger partial charge in [-0.15, -0.1) is 12.3 Å². The predicted octanol–water partition coefficient (Wildman–Crippen LogP) is 1.73. The van der Waals surface area contributed by atoms with Crippen molar-refractivity contribution in [1.82, 2.24) is 4.90 Å². The molecule has 1 aliphatic heterocycles. The van der Waals surface area contributed by atoms with Gasteiger partial charge >= 0.3 is 5.97 Å². The molecule has 0 aliphatic carbocycles.